The van der Waals surface area contributed by atoms with E-state index in [2.05, 4.69) is 10.0 Å². The second kappa shape index (κ2) is 8.67. The van der Waals surface area contributed by atoms with Crippen LogP contribution in [0.3, 0.4) is 0 Å². The average molecular weight is 416 g/mol. The Kier molecular flexibility index (Phi) is 6.24. The molecule has 0 aliphatic heterocycles. The smallest absolute Gasteiger partial charge is 0.255 e. The fourth-order valence-electron chi connectivity index (χ4n) is 2.84. The van der Waals surface area contributed by atoms with Crippen molar-refractivity contribution in [2.45, 2.75) is 19.6 Å². The van der Waals surface area contributed by atoms with Crippen molar-refractivity contribution in [2.24, 2.45) is 5.92 Å². The van der Waals surface area contributed by atoms with Crippen molar-refractivity contribution in [1.29, 1.82) is 0 Å². The van der Waals surface area contributed by atoms with Gasteiger partial charge >= 0.3 is 0 Å². The van der Waals surface area contributed by atoms with Crippen LogP contribution in [-0.4, -0.2) is 28.0 Å². The minimum absolute atomic E-state index is 0.157. The van der Waals surface area contributed by atoms with E-state index in [1.165, 1.54) is 13.4 Å². The van der Waals surface area contributed by atoms with Gasteiger partial charge in [-0.2, -0.15) is 0 Å². The van der Waals surface area contributed by atoms with Gasteiger partial charge in [0.25, 0.3) is 5.91 Å². The van der Waals surface area contributed by atoms with Crippen LogP contribution in [0, 0.1) is 5.92 Å². The van der Waals surface area contributed by atoms with Crippen molar-refractivity contribution >= 4 is 32.6 Å². The summed E-state index contributed by atoms with van der Waals surface area (Å²) in [6, 6.07) is 11.8. The lowest BCUT2D eigenvalue weighted by Gasteiger charge is -2.11. The zero-order valence-electron chi connectivity index (χ0n) is 16.6. The second-order valence-electron chi connectivity index (χ2n) is 7.17. The molecule has 2 aromatic carbocycles. The van der Waals surface area contributed by atoms with Crippen LogP contribution in [0.2, 0.25) is 0 Å². The molecule has 8 heteroatoms. The molecule has 7 nitrogen and oxygen atoms in total. The lowest BCUT2D eigenvalue weighted by Crippen LogP contribution is -2.28. The summed E-state index contributed by atoms with van der Waals surface area (Å²) in [4.78, 5) is 12.7. The SMILES string of the molecule is COc1cc(C(=O)Nc2cccc(CS(=O)(=O)NCC(C)C)c2)cc2occc12. The Morgan fingerprint density at radius 1 is 1.17 bits per heavy atom. The fraction of sp³-hybridized carbons (Fsp3) is 0.286. The molecule has 0 saturated carbocycles. The van der Waals surface area contributed by atoms with E-state index in [1.54, 1.807) is 42.5 Å². The first-order valence-corrected chi connectivity index (χ1v) is 10.9. The first-order chi connectivity index (χ1) is 13.8. The van der Waals surface area contributed by atoms with Crippen LogP contribution in [-0.2, 0) is 15.8 Å². The van der Waals surface area contributed by atoms with Crippen LogP contribution >= 0.6 is 0 Å². The van der Waals surface area contributed by atoms with Crippen LogP contribution in [0.1, 0.15) is 29.8 Å². The van der Waals surface area contributed by atoms with Gasteiger partial charge in [0.05, 0.1) is 24.5 Å². The number of carbonyl (C=O) groups is 1. The molecule has 0 bridgehead atoms. The first-order valence-electron chi connectivity index (χ1n) is 9.20. The highest BCUT2D eigenvalue weighted by molar-refractivity contribution is 7.88. The number of amides is 1. The van der Waals surface area contributed by atoms with E-state index in [0.29, 0.717) is 34.7 Å². The van der Waals surface area contributed by atoms with Crippen LogP contribution in [0.15, 0.2) is 53.1 Å². The Balaban J connectivity index is 1.75. The molecule has 0 spiro atoms. The first kappa shape index (κ1) is 20.9. The zero-order chi connectivity index (χ0) is 21.0. The Labute approximate surface area is 170 Å². The van der Waals surface area contributed by atoms with Crippen molar-refractivity contribution in [2.75, 3.05) is 19.0 Å². The summed E-state index contributed by atoms with van der Waals surface area (Å²) in [6.45, 7) is 4.26. The van der Waals surface area contributed by atoms with Crippen molar-refractivity contribution < 1.29 is 22.4 Å². The van der Waals surface area contributed by atoms with Gasteiger partial charge in [-0.15, -0.1) is 0 Å². The Bertz CT molecular complexity index is 1120. The summed E-state index contributed by atoms with van der Waals surface area (Å²) < 4.78 is 37.7. The fourth-order valence-corrected chi connectivity index (χ4v) is 4.15. The van der Waals surface area contributed by atoms with Gasteiger partial charge in [0.15, 0.2) is 0 Å². The van der Waals surface area contributed by atoms with Crippen molar-refractivity contribution in [3.8, 4) is 5.75 Å². The Hall–Kier alpha value is -2.84. The predicted octanol–water partition coefficient (Wildman–Crippen LogP) is 3.77. The van der Waals surface area contributed by atoms with Gasteiger partial charge in [0.1, 0.15) is 11.3 Å². The van der Waals surface area contributed by atoms with Gasteiger partial charge < -0.3 is 14.5 Å². The summed E-state index contributed by atoms with van der Waals surface area (Å²) >= 11 is 0. The summed E-state index contributed by atoms with van der Waals surface area (Å²) in [5, 5.41) is 3.57. The maximum Gasteiger partial charge on any atom is 0.255 e. The number of nitrogens with one attached hydrogen (secondary N) is 2. The number of hydrogen-bond acceptors (Lipinski definition) is 5. The topological polar surface area (TPSA) is 97.6 Å². The third-order valence-corrected chi connectivity index (χ3v) is 5.59. The molecule has 154 valence electrons. The van der Waals surface area contributed by atoms with Gasteiger partial charge in [-0.3, -0.25) is 4.79 Å². The maximum atomic E-state index is 12.7. The zero-order valence-corrected chi connectivity index (χ0v) is 17.4. The van der Waals surface area contributed by atoms with Crippen LogP contribution in [0.4, 0.5) is 5.69 Å². The summed E-state index contributed by atoms with van der Waals surface area (Å²) in [6.07, 6.45) is 1.53. The molecular formula is C21H24N2O5S. The van der Waals surface area contributed by atoms with Gasteiger partial charge in [0, 0.05) is 17.8 Å². The number of rotatable bonds is 8. The standard InChI is InChI=1S/C21H24N2O5S/c1-14(2)12-22-29(25,26)13-15-5-4-6-17(9-15)23-21(24)16-10-19(27-3)18-7-8-28-20(18)11-16/h4-11,14,22H,12-13H2,1-3H3,(H,23,24). The third-order valence-electron chi connectivity index (χ3n) is 4.27. The highest BCUT2D eigenvalue weighted by atomic mass is 32.2. The van der Waals surface area contributed by atoms with Gasteiger partial charge in [-0.1, -0.05) is 26.0 Å². The largest absolute Gasteiger partial charge is 0.496 e. The highest BCUT2D eigenvalue weighted by Crippen LogP contribution is 2.28. The van der Waals surface area contributed by atoms with E-state index in [0.717, 1.165) is 5.39 Å². The molecule has 0 atom stereocenters. The van der Waals surface area contributed by atoms with Crippen molar-refractivity contribution in [1.82, 2.24) is 4.72 Å². The van der Waals surface area contributed by atoms with E-state index < -0.39 is 10.0 Å². The normalized spacial score (nSPS) is 11.7. The minimum Gasteiger partial charge on any atom is -0.496 e. The Morgan fingerprint density at radius 3 is 2.69 bits per heavy atom. The molecule has 3 rings (SSSR count). The molecule has 0 aliphatic rings. The molecule has 0 fully saturated rings. The quantitative estimate of drug-likeness (QED) is 0.583. The lowest BCUT2D eigenvalue weighted by atomic mass is 10.1. The molecule has 1 amide bonds. The molecule has 2 N–H and O–H groups in total. The number of carbonyl (C=O) groups excluding carboxylic acids is 1. The molecule has 29 heavy (non-hydrogen) atoms. The van der Waals surface area contributed by atoms with Gasteiger partial charge in [-0.05, 0) is 41.8 Å². The summed E-state index contributed by atoms with van der Waals surface area (Å²) in [5.41, 5.74) is 2.01. The van der Waals surface area contributed by atoms with E-state index in [4.69, 9.17) is 9.15 Å². The van der Waals surface area contributed by atoms with E-state index in [1.807, 2.05) is 13.8 Å². The molecule has 1 heterocycles. The number of hydrogen-bond donors (Lipinski definition) is 2. The van der Waals surface area contributed by atoms with Crippen LogP contribution < -0.4 is 14.8 Å². The predicted molar refractivity (Wildman–Crippen MR) is 113 cm³/mol. The molecule has 0 aliphatic carbocycles. The lowest BCUT2D eigenvalue weighted by molar-refractivity contribution is 0.102. The number of methoxy groups -OCH3 is 1. The monoisotopic (exact) mass is 416 g/mol. The average Bonchev–Trinajstić information content (AvgIpc) is 3.14. The number of benzene rings is 2. The number of anilines is 1. The summed E-state index contributed by atoms with van der Waals surface area (Å²) in [7, 11) is -1.92. The number of furan rings is 1. The van der Waals surface area contributed by atoms with Crippen molar-refractivity contribution in [3.05, 3.63) is 59.9 Å². The maximum absolute atomic E-state index is 12.7. The molecular weight excluding hydrogens is 392 g/mol. The molecule has 3 aromatic rings. The molecule has 1 aromatic heterocycles. The van der Waals surface area contributed by atoms with Crippen LogP contribution in [0.25, 0.3) is 11.0 Å². The minimum atomic E-state index is -3.45. The second-order valence-corrected chi connectivity index (χ2v) is 8.97. The van der Waals surface area contributed by atoms with Crippen molar-refractivity contribution in [3.63, 3.8) is 0 Å². The van der Waals surface area contributed by atoms with E-state index >= 15 is 0 Å². The van der Waals surface area contributed by atoms with Gasteiger partial charge in [0.2, 0.25) is 10.0 Å². The number of fused-ring (bicyclic) bond motifs is 1. The van der Waals surface area contributed by atoms with E-state index in [-0.39, 0.29) is 17.6 Å². The highest BCUT2D eigenvalue weighted by Gasteiger charge is 2.15. The van der Waals surface area contributed by atoms with E-state index in [9.17, 15) is 13.2 Å². The Morgan fingerprint density at radius 2 is 1.97 bits per heavy atom. The number of ether oxygens (including phenoxy) is 1. The number of sulfonamides is 1. The van der Waals surface area contributed by atoms with Crippen LogP contribution in [0.5, 0.6) is 5.75 Å². The molecule has 0 unspecified atom stereocenters. The summed E-state index contributed by atoms with van der Waals surface area (Å²) in [5.74, 6) is 0.256. The molecule has 0 saturated heterocycles. The van der Waals surface area contributed by atoms with Gasteiger partial charge in [-0.25, -0.2) is 13.1 Å². The molecule has 0 radical (unpaired) electrons. The third kappa shape index (κ3) is 5.36.